The predicted molar refractivity (Wildman–Crippen MR) is 75.7 cm³/mol. The van der Waals surface area contributed by atoms with Gasteiger partial charge in [0.05, 0.1) is 7.11 Å². The molecule has 1 aliphatic rings. The third kappa shape index (κ3) is 2.06. The molecule has 1 unspecified atom stereocenters. The number of methoxy groups -OCH3 is 1. The Balaban J connectivity index is 2.05. The zero-order chi connectivity index (χ0) is 13.2. The lowest BCUT2D eigenvalue weighted by Crippen LogP contribution is -2.05. The minimum Gasteiger partial charge on any atom is -0.496 e. The summed E-state index contributed by atoms with van der Waals surface area (Å²) in [5.74, 6) is 0.714. The van der Waals surface area contributed by atoms with Gasteiger partial charge in [-0.3, -0.25) is 0 Å². The van der Waals surface area contributed by atoms with Crippen LogP contribution < -0.4 is 10.1 Å². The maximum Gasteiger partial charge on any atom is 0.125 e. The average molecular weight is 255 g/mol. The Labute approximate surface area is 112 Å². The lowest BCUT2D eigenvalue weighted by atomic mass is 9.97. The largest absolute Gasteiger partial charge is 0.496 e. The molecule has 3 nitrogen and oxygen atoms in total. The van der Waals surface area contributed by atoms with Crippen LogP contribution in [0.2, 0.25) is 0 Å². The van der Waals surface area contributed by atoms with Crippen molar-refractivity contribution in [3.63, 3.8) is 0 Å². The summed E-state index contributed by atoms with van der Waals surface area (Å²) in [4.78, 5) is 0. The van der Waals surface area contributed by atoms with Gasteiger partial charge in [-0.05, 0) is 18.1 Å². The molecule has 19 heavy (non-hydrogen) atoms. The van der Waals surface area contributed by atoms with E-state index in [0.29, 0.717) is 5.75 Å². The lowest BCUT2D eigenvalue weighted by molar-refractivity contribution is 0.215. The van der Waals surface area contributed by atoms with Crippen LogP contribution in [0.5, 0.6) is 5.75 Å². The number of nitrogens with one attached hydrogen (secondary N) is 1. The number of aliphatic hydroxyl groups is 1. The van der Waals surface area contributed by atoms with Crippen molar-refractivity contribution >= 4 is 5.69 Å². The fraction of sp³-hybridized carbons (Fsp3) is 0.250. The molecule has 0 saturated heterocycles. The van der Waals surface area contributed by atoms with Gasteiger partial charge in [-0.25, -0.2) is 0 Å². The van der Waals surface area contributed by atoms with Gasteiger partial charge in [-0.1, -0.05) is 36.4 Å². The summed E-state index contributed by atoms with van der Waals surface area (Å²) in [5.41, 5.74) is 4.05. The van der Waals surface area contributed by atoms with Gasteiger partial charge in [0.25, 0.3) is 0 Å². The Bertz CT molecular complexity index is 595. The Morgan fingerprint density at radius 3 is 2.74 bits per heavy atom. The van der Waals surface area contributed by atoms with Crippen molar-refractivity contribution in [3.05, 3.63) is 59.2 Å². The number of ether oxygens (including phenoxy) is 1. The van der Waals surface area contributed by atoms with E-state index in [1.807, 2.05) is 36.4 Å². The van der Waals surface area contributed by atoms with Crippen molar-refractivity contribution in [1.29, 1.82) is 0 Å². The van der Waals surface area contributed by atoms with Crippen LogP contribution in [-0.4, -0.2) is 18.8 Å². The fourth-order valence-corrected chi connectivity index (χ4v) is 2.65. The van der Waals surface area contributed by atoms with Crippen LogP contribution in [0.15, 0.2) is 42.5 Å². The van der Waals surface area contributed by atoms with Gasteiger partial charge < -0.3 is 15.2 Å². The van der Waals surface area contributed by atoms with Crippen molar-refractivity contribution in [2.75, 3.05) is 19.0 Å². The second kappa shape index (κ2) is 4.94. The summed E-state index contributed by atoms with van der Waals surface area (Å²) in [6.07, 6.45) is 0.346. The number of aliphatic hydroxyl groups excluding tert-OH is 1. The molecule has 3 heteroatoms. The highest BCUT2D eigenvalue weighted by Crippen LogP contribution is 2.36. The summed E-state index contributed by atoms with van der Waals surface area (Å²) < 4.78 is 5.33. The number of anilines is 1. The average Bonchev–Trinajstić information content (AvgIpc) is 2.94. The van der Waals surface area contributed by atoms with E-state index in [1.54, 1.807) is 7.11 Å². The van der Waals surface area contributed by atoms with E-state index >= 15 is 0 Å². The van der Waals surface area contributed by atoms with Gasteiger partial charge in [-0.15, -0.1) is 0 Å². The zero-order valence-corrected chi connectivity index (χ0v) is 10.9. The van der Waals surface area contributed by atoms with E-state index < -0.39 is 6.10 Å². The molecule has 0 aliphatic carbocycles. The van der Waals surface area contributed by atoms with E-state index in [-0.39, 0.29) is 0 Å². The molecule has 3 rings (SSSR count). The van der Waals surface area contributed by atoms with E-state index in [1.165, 1.54) is 5.56 Å². The second-order valence-corrected chi connectivity index (χ2v) is 4.70. The lowest BCUT2D eigenvalue weighted by Gasteiger charge is -2.18. The number of benzene rings is 2. The maximum absolute atomic E-state index is 10.6. The van der Waals surface area contributed by atoms with Crippen LogP contribution in [0.1, 0.15) is 22.8 Å². The zero-order valence-electron chi connectivity index (χ0n) is 10.9. The molecule has 1 aliphatic heterocycles. The molecule has 0 radical (unpaired) electrons. The van der Waals surface area contributed by atoms with E-state index in [9.17, 15) is 5.11 Å². The third-order valence-corrected chi connectivity index (χ3v) is 3.61. The summed E-state index contributed by atoms with van der Waals surface area (Å²) in [5, 5.41) is 14.0. The van der Waals surface area contributed by atoms with Gasteiger partial charge >= 0.3 is 0 Å². The smallest absolute Gasteiger partial charge is 0.125 e. The van der Waals surface area contributed by atoms with Gasteiger partial charge in [0, 0.05) is 23.4 Å². The summed E-state index contributed by atoms with van der Waals surface area (Å²) in [6, 6.07) is 13.7. The summed E-state index contributed by atoms with van der Waals surface area (Å²) in [6.45, 7) is 0.936. The van der Waals surface area contributed by atoms with E-state index in [0.717, 1.165) is 29.8 Å². The highest BCUT2D eigenvalue weighted by Gasteiger charge is 2.21. The monoisotopic (exact) mass is 255 g/mol. The Morgan fingerprint density at radius 1 is 1.11 bits per heavy atom. The first-order valence-electron chi connectivity index (χ1n) is 6.48. The van der Waals surface area contributed by atoms with Crippen molar-refractivity contribution in [1.82, 2.24) is 0 Å². The first-order chi connectivity index (χ1) is 9.31. The SMILES string of the molecule is COc1ccccc1C(O)c1cccc2c1NCC2. The van der Waals surface area contributed by atoms with Gasteiger partial charge in [0.15, 0.2) is 0 Å². The van der Waals surface area contributed by atoms with Crippen LogP contribution in [0.3, 0.4) is 0 Å². The van der Waals surface area contributed by atoms with Crippen LogP contribution in [-0.2, 0) is 6.42 Å². The molecule has 2 N–H and O–H groups in total. The van der Waals surface area contributed by atoms with E-state index in [2.05, 4.69) is 11.4 Å². The summed E-state index contributed by atoms with van der Waals surface area (Å²) in [7, 11) is 1.62. The molecular weight excluding hydrogens is 238 g/mol. The maximum atomic E-state index is 10.6. The molecule has 1 atom stereocenters. The highest BCUT2D eigenvalue weighted by atomic mass is 16.5. The van der Waals surface area contributed by atoms with Crippen LogP contribution in [0.4, 0.5) is 5.69 Å². The molecule has 0 aromatic heterocycles. The second-order valence-electron chi connectivity index (χ2n) is 4.70. The van der Waals surface area contributed by atoms with Crippen molar-refractivity contribution in [2.24, 2.45) is 0 Å². The molecule has 0 bridgehead atoms. The molecule has 0 amide bonds. The molecule has 0 fully saturated rings. The number of hydrogen-bond acceptors (Lipinski definition) is 3. The van der Waals surface area contributed by atoms with Gasteiger partial charge in [0.2, 0.25) is 0 Å². The van der Waals surface area contributed by atoms with Crippen molar-refractivity contribution in [3.8, 4) is 5.75 Å². The Hall–Kier alpha value is -2.00. The van der Waals surface area contributed by atoms with Crippen molar-refractivity contribution < 1.29 is 9.84 Å². The number of fused-ring (bicyclic) bond motifs is 1. The minimum absolute atomic E-state index is 0.670. The van der Waals surface area contributed by atoms with Gasteiger partial charge in [0.1, 0.15) is 11.9 Å². The Morgan fingerprint density at radius 2 is 1.89 bits per heavy atom. The van der Waals surface area contributed by atoms with Crippen molar-refractivity contribution in [2.45, 2.75) is 12.5 Å². The predicted octanol–water partition coefficient (Wildman–Crippen LogP) is 2.74. The first-order valence-corrected chi connectivity index (χ1v) is 6.48. The van der Waals surface area contributed by atoms with Crippen LogP contribution >= 0.6 is 0 Å². The van der Waals surface area contributed by atoms with Gasteiger partial charge in [-0.2, -0.15) is 0 Å². The molecular formula is C16H17NO2. The number of para-hydroxylation sites is 2. The molecule has 2 aromatic rings. The molecule has 1 heterocycles. The third-order valence-electron chi connectivity index (χ3n) is 3.61. The Kier molecular flexibility index (Phi) is 3.13. The first kappa shape index (κ1) is 12.1. The van der Waals surface area contributed by atoms with E-state index in [4.69, 9.17) is 4.74 Å². The molecule has 98 valence electrons. The molecule has 0 spiro atoms. The number of hydrogen-bond donors (Lipinski definition) is 2. The molecule has 0 saturated carbocycles. The standard InChI is InChI=1S/C16H17NO2/c1-19-14-8-3-2-6-12(14)16(18)13-7-4-5-11-9-10-17-15(11)13/h2-8,16-18H,9-10H2,1H3. The fourth-order valence-electron chi connectivity index (χ4n) is 2.65. The quantitative estimate of drug-likeness (QED) is 0.886. The van der Waals surface area contributed by atoms with Crippen LogP contribution in [0, 0.1) is 0 Å². The highest BCUT2D eigenvalue weighted by molar-refractivity contribution is 5.63. The van der Waals surface area contributed by atoms with Crippen LogP contribution in [0.25, 0.3) is 0 Å². The molecule has 2 aromatic carbocycles. The topological polar surface area (TPSA) is 41.5 Å². The summed E-state index contributed by atoms with van der Waals surface area (Å²) >= 11 is 0. The minimum atomic E-state index is -0.670. The number of rotatable bonds is 3. The normalized spacial score (nSPS) is 14.6.